The Labute approximate surface area is 113 Å². The minimum atomic E-state index is 0. The van der Waals surface area contributed by atoms with E-state index in [0.717, 1.165) is 6.42 Å². The van der Waals surface area contributed by atoms with E-state index in [2.05, 4.69) is 19.3 Å². The van der Waals surface area contributed by atoms with Gasteiger partial charge in [0.1, 0.15) is 0 Å². The molecule has 0 aliphatic rings. The maximum Gasteiger partial charge on any atom is 1.00 e. The molecule has 0 aliphatic carbocycles. The van der Waals surface area contributed by atoms with E-state index in [0.29, 0.717) is 12.5 Å². The van der Waals surface area contributed by atoms with E-state index in [1.807, 2.05) is 0 Å². The monoisotopic (exact) mass is 183 g/mol. The molecule has 0 amide bonds. The summed E-state index contributed by atoms with van der Waals surface area (Å²) >= 11 is 0. The van der Waals surface area contributed by atoms with Gasteiger partial charge in [-0.2, -0.15) is 0 Å². The summed E-state index contributed by atoms with van der Waals surface area (Å²) in [6, 6.07) is 0. The van der Waals surface area contributed by atoms with Crippen molar-refractivity contribution in [2.24, 2.45) is 5.92 Å². The van der Waals surface area contributed by atoms with Crippen molar-refractivity contribution in [3.8, 4) is 0 Å². The molecule has 11 heavy (non-hydrogen) atoms. The molecule has 0 aliphatic heterocycles. The largest absolute Gasteiger partial charge is 1.00 e. The number of hydrogen-bond acceptors (Lipinski definition) is 1. The van der Waals surface area contributed by atoms with E-state index < -0.39 is 0 Å². The Morgan fingerprint density at radius 1 is 1.36 bits per heavy atom. The molecular weight excluding hydrogens is 165 g/mol. The van der Waals surface area contributed by atoms with Crippen LogP contribution in [-0.2, 0) is 0 Å². The van der Waals surface area contributed by atoms with Crippen LogP contribution in [0, 0.1) is 5.92 Å². The molecule has 62 valence electrons. The molecule has 0 heterocycles. The second-order valence-corrected chi connectivity index (χ2v) is 2.74. The van der Waals surface area contributed by atoms with Crippen LogP contribution in [0.3, 0.4) is 0 Å². The van der Waals surface area contributed by atoms with Gasteiger partial charge in [0.2, 0.25) is 0 Å². The minimum Gasteiger partial charge on any atom is -0.537 e. The number of nitrogens with zero attached hydrogens (tertiary/aromatic N) is 1. The fourth-order valence-electron chi connectivity index (χ4n) is 1.03. The summed E-state index contributed by atoms with van der Waals surface area (Å²) in [5.74, 6) is 0.602. The van der Waals surface area contributed by atoms with Gasteiger partial charge in [-0.3, -0.25) is 0 Å². The fourth-order valence-corrected chi connectivity index (χ4v) is 1.03. The molecule has 2 nitrogen and oxygen atoms in total. The van der Waals surface area contributed by atoms with Crippen molar-refractivity contribution in [3.05, 3.63) is 5.48 Å². The van der Waals surface area contributed by atoms with Gasteiger partial charge >= 0.3 is 51.4 Å². The summed E-state index contributed by atoms with van der Waals surface area (Å²) in [7, 11) is 0. The number of hydroxylamine groups is 1. The fraction of sp³-hybridized carbons (Fsp3) is 1.00. The van der Waals surface area contributed by atoms with E-state index in [4.69, 9.17) is 5.21 Å². The molecule has 0 rings (SSSR count). The number of unbranched alkanes of at least 4 members (excludes halogenated alkanes) is 1. The Bertz CT molecular complexity index is 71.1. The molecular formula is C8H18KNO. The van der Waals surface area contributed by atoms with Crippen LogP contribution in [0.2, 0.25) is 0 Å². The summed E-state index contributed by atoms with van der Waals surface area (Å²) in [6.07, 6.45) is 4.83. The third-order valence-electron chi connectivity index (χ3n) is 1.88. The number of hydrogen-bond donors (Lipinski definition) is 1. The molecule has 0 saturated heterocycles. The van der Waals surface area contributed by atoms with E-state index >= 15 is 0 Å². The first-order valence-electron chi connectivity index (χ1n) is 4.16. The smallest absolute Gasteiger partial charge is 0.537 e. The normalized spacial score (nSPS) is 12.3. The maximum absolute atomic E-state index is 8.29. The zero-order valence-corrected chi connectivity index (χ0v) is 11.1. The summed E-state index contributed by atoms with van der Waals surface area (Å²) in [5, 5.41) is 8.29. The summed E-state index contributed by atoms with van der Waals surface area (Å²) < 4.78 is 0. The molecule has 0 aromatic carbocycles. The van der Waals surface area contributed by atoms with Gasteiger partial charge in [0.05, 0.1) is 0 Å². The average molecular weight is 183 g/mol. The molecule has 1 atom stereocenters. The van der Waals surface area contributed by atoms with Gasteiger partial charge < -0.3 is 10.7 Å². The van der Waals surface area contributed by atoms with Crippen molar-refractivity contribution in [3.63, 3.8) is 0 Å². The van der Waals surface area contributed by atoms with Crippen molar-refractivity contribution in [2.75, 3.05) is 6.54 Å². The maximum atomic E-state index is 8.29. The summed E-state index contributed by atoms with van der Waals surface area (Å²) in [6.45, 7) is 4.95. The van der Waals surface area contributed by atoms with Crippen molar-refractivity contribution in [1.82, 2.24) is 0 Å². The van der Waals surface area contributed by atoms with Crippen LogP contribution in [-0.4, -0.2) is 11.8 Å². The van der Waals surface area contributed by atoms with Crippen molar-refractivity contribution < 1.29 is 56.6 Å². The van der Waals surface area contributed by atoms with Crippen LogP contribution < -0.4 is 51.4 Å². The molecule has 3 heteroatoms. The summed E-state index contributed by atoms with van der Waals surface area (Å²) in [4.78, 5) is 0. The molecule has 0 fully saturated rings. The SMILES string of the molecule is CCCCC(CC)C[N-]O.[K+]. The Kier molecular flexibility index (Phi) is 15.8. The van der Waals surface area contributed by atoms with Crippen LogP contribution in [0.15, 0.2) is 0 Å². The van der Waals surface area contributed by atoms with Gasteiger partial charge in [-0.25, -0.2) is 0 Å². The Balaban J connectivity index is 0. The Hall–Kier alpha value is 1.56. The molecule has 0 saturated carbocycles. The quantitative estimate of drug-likeness (QED) is 0.455. The molecule has 0 bridgehead atoms. The van der Waals surface area contributed by atoms with Gasteiger partial charge in [0.25, 0.3) is 0 Å². The van der Waals surface area contributed by atoms with Crippen LogP contribution in [0.1, 0.15) is 39.5 Å². The first-order chi connectivity index (χ1) is 4.85. The number of rotatable bonds is 6. The first kappa shape index (κ1) is 15.0. The van der Waals surface area contributed by atoms with Crippen LogP contribution in [0.4, 0.5) is 0 Å². The minimum absolute atomic E-state index is 0. The molecule has 1 unspecified atom stereocenters. The first-order valence-corrected chi connectivity index (χ1v) is 4.16. The van der Waals surface area contributed by atoms with Gasteiger partial charge in [-0.15, -0.1) is 6.54 Å². The van der Waals surface area contributed by atoms with Crippen molar-refractivity contribution in [2.45, 2.75) is 39.5 Å². The Morgan fingerprint density at radius 2 is 2.00 bits per heavy atom. The zero-order valence-electron chi connectivity index (χ0n) is 8.01. The van der Waals surface area contributed by atoms with E-state index in [-0.39, 0.29) is 51.4 Å². The molecule has 0 aromatic rings. The van der Waals surface area contributed by atoms with Crippen LogP contribution in [0.25, 0.3) is 5.48 Å². The third kappa shape index (κ3) is 9.47. The molecule has 1 N–H and O–H groups in total. The molecule has 0 radical (unpaired) electrons. The van der Waals surface area contributed by atoms with E-state index in [1.165, 1.54) is 19.3 Å². The van der Waals surface area contributed by atoms with Crippen LogP contribution >= 0.6 is 0 Å². The van der Waals surface area contributed by atoms with Gasteiger partial charge in [0, 0.05) is 0 Å². The summed E-state index contributed by atoms with van der Waals surface area (Å²) in [5.41, 5.74) is 3.16. The standard InChI is InChI=1S/C8H18NO.K/c1-3-5-6-8(4-2)7-9-10;/h8,10H,3-7H2,1-2H3;/q-1;+1. The van der Waals surface area contributed by atoms with E-state index in [1.54, 1.807) is 0 Å². The van der Waals surface area contributed by atoms with E-state index in [9.17, 15) is 0 Å². The van der Waals surface area contributed by atoms with Crippen molar-refractivity contribution >= 4 is 0 Å². The van der Waals surface area contributed by atoms with Crippen molar-refractivity contribution in [1.29, 1.82) is 0 Å². The van der Waals surface area contributed by atoms with Gasteiger partial charge in [-0.1, -0.05) is 45.4 Å². The average Bonchev–Trinajstić information content (AvgIpc) is 1.98. The Morgan fingerprint density at radius 3 is 2.36 bits per heavy atom. The second kappa shape index (κ2) is 11.6. The third-order valence-corrected chi connectivity index (χ3v) is 1.88. The zero-order chi connectivity index (χ0) is 7.82. The predicted molar refractivity (Wildman–Crippen MR) is 43.3 cm³/mol. The second-order valence-electron chi connectivity index (χ2n) is 2.74. The molecule has 0 spiro atoms. The molecule has 0 aromatic heterocycles. The topological polar surface area (TPSA) is 34.3 Å². The van der Waals surface area contributed by atoms with Crippen LogP contribution in [0.5, 0.6) is 0 Å². The van der Waals surface area contributed by atoms with Gasteiger partial charge in [0.15, 0.2) is 0 Å². The van der Waals surface area contributed by atoms with Gasteiger partial charge in [-0.05, 0) is 0 Å². The predicted octanol–water partition coefficient (Wildman–Crippen LogP) is -0.0303.